The molecular formula is C20H24F2N2O2. The largest absolute Gasteiger partial charge is 0.435 e. The minimum absolute atomic E-state index is 0.0328. The molecule has 1 amide bonds. The molecule has 26 heavy (non-hydrogen) atoms. The van der Waals surface area contributed by atoms with E-state index in [1.165, 1.54) is 18.2 Å². The van der Waals surface area contributed by atoms with Crippen LogP contribution in [0, 0.1) is 0 Å². The predicted octanol–water partition coefficient (Wildman–Crippen LogP) is 4.06. The van der Waals surface area contributed by atoms with Gasteiger partial charge in [-0.25, -0.2) is 0 Å². The quantitative estimate of drug-likeness (QED) is 0.731. The van der Waals surface area contributed by atoms with Gasteiger partial charge in [-0.2, -0.15) is 8.78 Å². The standard InChI is InChI=1S/C20H24F2N2O2/c1-3-24(4-2)14-17-9-6-5-8-16(17)13-23-19(25)15-10-7-11-18(12-15)26-20(21)22/h5-12,20H,3-4,13-14H2,1-2H3,(H,23,25). The van der Waals surface area contributed by atoms with Crippen LogP contribution in [0.15, 0.2) is 48.5 Å². The maximum absolute atomic E-state index is 12.3. The molecule has 140 valence electrons. The van der Waals surface area contributed by atoms with Crippen LogP contribution < -0.4 is 10.1 Å². The highest BCUT2D eigenvalue weighted by molar-refractivity contribution is 5.94. The number of rotatable bonds is 9. The average molecular weight is 362 g/mol. The van der Waals surface area contributed by atoms with Gasteiger partial charge in [0.25, 0.3) is 5.91 Å². The van der Waals surface area contributed by atoms with Crippen LogP contribution in [-0.4, -0.2) is 30.5 Å². The highest BCUT2D eigenvalue weighted by Crippen LogP contribution is 2.16. The maximum Gasteiger partial charge on any atom is 0.387 e. The average Bonchev–Trinajstić information content (AvgIpc) is 2.64. The molecule has 0 aliphatic carbocycles. The van der Waals surface area contributed by atoms with E-state index in [1.54, 1.807) is 6.07 Å². The molecule has 0 radical (unpaired) electrons. The Hall–Kier alpha value is -2.47. The Morgan fingerprint density at radius 1 is 1.08 bits per heavy atom. The molecule has 0 fully saturated rings. The summed E-state index contributed by atoms with van der Waals surface area (Å²) >= 11 is 0. The lowest BCUT2D eigenvalue weighted by molar-refractivity contribution is -0.0498. The van der Waals surface area contributed by atoms with Crippen molar-refractivity contribution in [2.24, 2.45) is 0 Å². The van der Waals surface area contributed by atoms with E-state index in [4.69, 9.17) is 0 Å². The lowest BCUT2D eigenvalue weighted by atomic mass is 10.1. The molecule has 0 unspecified atom stereocenters. The van der Waals surface area contributed by atoms with Crippen molar-refractivity contribution in [2.75, 3.05) is 13.1 Å². The molecule has 0 bridgehead atoms. The van der Waals surface area contributed by atoms with Gasteiger partial charge >= 0.3 is 6.61 Å². The molecule has 0 saturated heterocycles. The number of amides is 1. The summed E-state index contributed by atoms with van der Waals surface area (Å²) in [5, 5.41) is 2.84. The highest BCUT2D eigenvalue weighted by Gasteiger charge is 2.11. The minimum atomic E-state index is -2.92. The number of halogens is 2. The summed E-state index contributed by atoms with van der Waals surface area (Å²) in [5.41, 5.74) is 2.48. The van der Waals surface area contributed by atoms with Crippen molar-refractivity contribution >= 4 is 5.91 Å². The molecule has 4 nitrogen and oxygen atoms in total. The van der Waals surface area contributed by atoms with Crippen molar-refractivity contribution in [2.45, 2.75) is 33.5 Å². The second kappa shape index (κ2) is 9.87. The zero-order valence-electron chi connectivity index (χ0n) is 15.0. The molecule has 2 aromatic carbocycles. The first-order valence-electron chi connectivity index (χ1n) is 8.65. The van der Waals surface area contributed by atoms with E-state index >= 15 is 0 Å². The van der Waals surface area contributed by atoms with E-state index in [-0.39, 0.29) is 17.2 Å². The summed E-state index contributed by atoms with van der Waals surface area (Å²) in [7, 11) is 0. The summed E-state index contributed by atoms with van der Waals surface area (Å²) in [6.07, 6.45) is 0. The zero-order valence-corrected chi connectivity index (χ0v) is 15.0. The van der Waals surface area contributed by atoms with Gasteiger partial charge in [0.2, 0.25) is 0 Å². The Labute approximate surface area is 152 Å². The normalized spacial score (nSPS) is 11.0. The first kappa shape index (κ1) is 19.8. The Balaban J connectivity index is 2.03. The molecule has 6 heteroatoms. The number of hydrogen-bond acceptors (Lipinski definition) is 3. The molecule has 0 saturated carbocycles. The van der Waals surface area contributed by atoms with Crippen molar-refractivity contribution in [3.63, 3.8) is 0 Å². The van der Waals surface area contributed by atoms with Crippen LogP contribution in [0.3, 0.4) is 0 Å². The van der Waals surface area contributed by atoms with Gasteiger partial charge in [0.05, 0.1) is 0 Å². The summed E-state index contributed by atoms with van der Waals surface area (Å²) in [6.45, 7) is 4.40. The number of nitrogens with one attached hydrogen (secondary N) is 1. The molecule has 0 aliphatic rings. The lowest BCUT2D eigenvalue weighted by Crippen LogP contribution is -2.26. The van der Waals surface area contributed by atoms with Gasteiger partial charge in [0, 0.05) is 18.7 Å². The number of hydrogen-bond donors (Lipinski definition) is 1. The van der Waals surface area contributed by atoms with Crippen LogP contribution in [0.25, 0.3) is 0 Å². The van der Waals surface area contributed by atoms with Crippen LogP contribution in [-0.2, 0) is 13.1 Å². The monoisotopic (exact) mass is 362 g/mol. The topological polar surface area (TPSA) is 41.6 Å². The van der Waals surface area contributed by atoms with E-state index in [2.05, 4.69) is 34.9 Å². The van der Waals surface area contributed by atoms with E-state index < -0.39 is 6.61 Å². The smallest absolute Gasteiger partial charge is 0.387 e. The third kappa shape index (κ3) is 5.81. The van der Waals surface area contributed by atoms with Crippen LogP contribution in [0.4, 0.5) is 8.78 Å². The molecule has 0 spiro atoms. The molecule has 0 aromatic heterocycles. The van der Waals surface area contributed by atoms with Crippen LogP contribution in [0.5, 0.6) is 5.75 Å². The Kier molecular flexibility index (Phi) is 7.53. The van der Waals surface area contributed by atoms with E-state index in [9.17, 15) is 13.6 Å². The molecule has 0 aliphatic heterocycles. The molecular weight excluding hydrogens is 338 g/mol. The van der Waals surface area contributed by atoms with Gasteiger partial charge in [0.15, 0.2) is 0 Å². The molecule has 2 aromatic rings. The molecule has 1 N–H and O–H groups in total. The van der Waals surface area contributed by atoms with Gasteiger partial charge in [-0.1, -0.05) is 44.2 Å². The van der Waals surface area contributed by atoms with Crippen LogP contribution in [0.2, 0.25) is 0 Å². The van der Waals surface area contributed by atoms with Gasteiger partial charge in [-0.15, -0.1) is 0 Å². The molecule has 2 rings (SSSR count). The van der Waals surface area contributed by atoms with Gasteiger partial charge in [-0.3, -0.25) is 9.69 Å². The minimum Gasteiger partial charge on any atom is -0.435 e. The summed E-state index contributed by atoms with van der Waals surface area (Å²) < 4.78 is 28.9. The van der Waals surface area contributed by atoms with E-state index in [0.717, 1.165) is 30.8 Å². The fraction of sp³-hybridized carbons (Fsp3) is 0.350. The number of ether oxygens (including phenoxy) is 1. The third-order valence-corrected chi connectivity index (χ3v) is 4.17. The van der Waals surface area contributed by atoms with Gasteiger partial charge < -0.3 is 10.1 Å². The number of alkyl halides is 2. The van der Waals surface area contributed by atoms with Crippen molar-refractivity contribution in [3.8, 4) is 5.75 Å². The van der Waals surface area contributed by atoms with Gasteiger partial charge in [0.1, 0.15) is 5.75 Å². The maximum atomic E-state index is 12.3. The van der Waals surface area contributed by atoms with Crippen LogP contribution in [0.1, 0.15) is 35.3 Å². The second-order valence-electron chi connectivity index (χ2n) is 5.82. The number of carbonyl (C=O) groups excluding carboxylic acids is 1. The molecule has 0 atom stereocenters. The summed E-state index contributed by atoms with van der Waals surface area (Å²) in [6, 6.07) is 13.7. The Morgan fingerprint density at radius 2 is 1.77 bits per heavy atom. The SMILES string of the molecule is CCN(CC)Cc1ccccc1CNC(=O)c1cccc(OC(F)F)c1. The van der Waals surface area contributed by atoms with E-state index in [1.807, 2.05) is 18.2 Å². The second-order valence-corrected chi connectivity index (χ2v) is 5.82. The number of benzene rings is 2. The van der Waals surface area contributed by atoms with E-state index in [0.29, 0.717) is 6.54 Å². The first-order chi connectivity index (χ1) is 12.5. The lowest BCUT2D eigenvalue weighted by Gasteiger charge is -2.20. The summed E-state index contributed by atoms with van der Waals surface area (Å²) in [5.74, 6) is -0.364. The molecule has 0 heterocycles. The zero-order chi connectivity index (χ0) is 18.9. The third-order valence-electron chi connectivity index (χ3n) is 4.17. The van der Waals surface area contributed by atoms with Crippen molar-refractivity contribution in [1.82, 2.24) is 10.2 Å². The van der Waals surface area contributed by atoms with Gasteiger partial charge in [-0.05, 0) is 42.4 Å². The predicted molar refractivity (Wildman–Crippen MR) is 97.3 cm³/mol. The number of nitrogens with zero attached hydrogens (tertiary/aromatic N) is 1. The van der Waals surface area contributed by atoms with Crippen molar-refractivity contribution < 1.29 is 18.3 Å². The van der Waals surface area contributed by atoms with Crippen molar-refractivity contribution in [3.05, 3.63) is 65.2 Å². The number of carbonyl (C=O) groups is 1. The van der Waals surface area contributed by atoms with Crippen LogP contribution >= 0.6 is 0 Å². The summed E-state index contributed by atoms with van der Waals surface area (Å²) in [4.78, 5) is 14.6. The first-order valence-corrected chi connectivity index (χ1v) is 8.65. The Morgan fingerprint density at radius 3 is 2.42 bits per heavy atom. The van der Waals surface area contributed by atoms with Crippen molar-refractivity contribution in [1.29, 1.82) is 0 Å². The Bertz CT molecular complexity index is 718. The highest BCUT2D eigenvalue weighted by atomic mass is 19.3. The fourth-order valence-electron chi connectivity index (χ4n) is 2.66. The fourth-order valence-corrected chi connectivity index (χ4v) is 2.66.